The van der Waals surface area contributed by atoms with Crippen LogP contribution in [0.4, 0.5) is 32.0 Å². The molecule has 3 rings (SSSR count). The zero-order valence-electron chi connectivity index (χ0n) is 15.9. The molecule has 0 fully saturated rings. The third-order valence-corrected chi connectivity index (χ3v) is 5.05. The lowest BCUT2D eigenvalue weighted by Crippen LogP contribution is -2.34. The minimum absolute atomic E-state index is 0.218. The minimum atomic E-state index is -4.45. The molecule has 168 valence electrons. The average molecular weight is 473 g/mol. The Morgan fingerprint density at radius 3 is 2.28 bits per heavy atom. The van der Waals surface area contributed by atoms with Gasteiger partial charge >= 0.3 is 6.18 Å². The van der Waals surface area contributed by atoms with Crippen molar-refractivity contribution in [1.82, 2.24) is 10.3 Å². The first-order chi connectivity index (χ1) is 15.0. The molecule has 0 aliphatic rings. The van der Waals surface area contributed by atoms with E-state index in [1.54, 1.807) is 5.38 Å². The van der Waals surface area contributed by atoms with Gasteiger partial charge in [-0.15, -0.1) is 11.3 Å². The van der Waals surface area contributed by atoms with E-state index < -0.39 is 53.2 Å². The number of anilines is 1. The van der Waals surface area contributed by atoms with E-state index in [1.165, 1.54) is 12.1 Å². The second-order valence-electron chi connectivity index (χ2n) is 6.44. The van der Waals surface area contributed by atoms with Crippen molar-refractivity contribution in [3.63, 3.8) is 0 Å². The summed E-state index contributed by atoms with van der Waals surface area (Å²) in [5.41, 5.74) is -0.597. The summed E-state index contributed by atoms with van der Waals surface area (Å²) in [6.45, 7) is -0.562. The van der Waals surface area contributed by atoms with Crippen LogP contribution in [0.2, 0.25) is 0 Å². The summed E-state index contributed by atoms with van der Waals surface area (Å²) in [6.07, 6.45) is -4.67. The molecule has 0 saturated carbocycles. The molecule has 0 unspecified atom stereocenters. The van der Waals surface area contributed by atoms with Crippen LogP contribution in [0.5, 0.6) is 0 Å². The molecule has 2 aromatic carbocycles. The molecule has 32 heavy (non-hydrogen) atoms. The first-order valence-corrected chi connectivity index (χ1v) is 9.74. The van der Waals surface area contributed by atoms with E-state index in [1.807, 2.05) is 5.32 Å². The lowest BCUT2D eigenvalue weighted by atomic mass is 10.1. The molecular weight excluding hydrogens is 460 g/mol. The van der Waals surface area contributed by atoms with E-state index in [4.69, 9.17) is 0 Å². The molecule has 0 radical (unpaired) electrons. The highest BCUT2D eigenvalue weighted by atomic mass is 32.1. The van der Waals surface area contributed by atoms with Gasteiger partial charge in [-0.2, -0.15) is 13.2 Å². The normalized spacial score (nSPS) is 11.3. The quantitative estimate of drug-likeness (QED) is 0.408. The lowest BCUT2D eigenvalue weighted by molar-refractivity contribution is -0.137. The number of benzene rings is 2. The molecule has 0 aliphatic carbocycles. The third-order valence-electron chi connectivity index (χ3n) is 4.11. The smallest absolute Gasteiger partial charge is 0.347 e. The molecule has 0 saturated heterocycles. The largest absolute Gasteiger partial charge is 0.416 e. The molecule has 0 bridgehead atoms. The van der Waals surface area contributed by atoms with E-state index in [9.17, 15) is 35.9 Å². The first-order valence-electron chi connectivity index (χ1n) is 8.86. The number of aromatic nitrogens is 1. The molecule has 0 spiro atoms. The van der Waals surface area contributed by atoms with Crippen LogP contribution in [0.1, 0.15) is 11.3 Å². The predicted octanol–water partition coefficient (Wildman–Crippen LogP) is 4.54. The molecule has 3 aromatic rings. The number of amides is 2. The van der Waals surface area contributed by atoms with Gasteiger partial charge in [0.2, 0.25) is 11.8 Å². The molecule has 1 heterocycles. The Kier molecular flexibility index (Phi) is 6.82. The van der Waals surface area contributed by atoms with Gasteiger partial charge in [0, 0.05) is 10.9 Å². The Morgan fingerprint density at radius 1 is 0.938 bits per heavy atom. The lowest BCUT2D eigenvalue weighted by Gasteiger charge is -2.08. The Labute approximate surface area is 181 Å². The van der Waals surface area contributed by atoms with E-state index >= 15 is 0 Å². The maximum absolute atomic E-state index is 13.6. The van der Waals surface area contributed by atoms with Gasteiger partial charge in [0.1, 0.15) is 5.01 Å². The number of hydrogen-bond acceptors (Lipinski definition) is 4. The fourth-order valence-electron chi connectivity index (χ4n) is 2.55. The fraction of sp³-hybridized carbons (Fsp3) is 0.150. The summed E-state index contributed by atoms with van der Waals surface area (Å²) in [4.78, 5) is 28.0. The van der Waals surface area contributed by atoms with E-state index in [-0.39, 0.29) is 6.42 Å². The molecule has 0 aliphatic heterocycles. The van der Waals surface area contributed by atoms with Gasteiger partial charge < -0.3 is 10.6 Å². The van der Waals surface area contributed by atoms with Gasteiger partial charge in [0.25, 0.3) is 0 Å². The Hall–Kier alpha value is -3.41. The number of thiazole rings is 1. The summed E-state index contributed by atoms with van der Waals surface area (Å²) in [6, 6.07) is 5.88. The van der Waals surface area contributed by atoms with Crippen LogP contribution in [0.15, 0.2) is 41.8 Å². The molecule has 5 nitrogen and oxygen atoms in total. The average Bonchev–Trinajstić information content (AvgIpc) is 3.20. The number of carbonyl (C=O) groups is 2. The maximum Gasteiger partial charge on any atom is 0.416 e. The maximum atomic E-state index is 13.6. The molecular formula is C20H13F6N3O2S. The van der Waals surface area contributed by atoms with Crippen molar-refractivity contribution >= 4 is 28.8 Å². The van der Waals surface area contributed by atoms with Gasteiger partial charge in [0.15, 0.2) is 17.5 Å². The Balaban J connectivity index is 1.53. The topological polar surface area (TPSA) is 71.1 Å². The van der Waals surface area contributed by atoms with Crippen molar-refractivity contribution in [2.24, 2.45) is 0 Å². The summed E-state index contributed by atoms with van der Waals surface area (Å²) in [5.74, 6) is -6.18. The Morgan fingerprint density at radius 2 is 1.62 bits per heavy atom. The Bertz CT molecular complexity index is 1150. The van der Waals surface area contributed by atoms with Crippen LogP contribution in [0.3, 0.4) is 0 Å². The third kappa shape index (κ3) is 5.63. The van der Waals surface area contributed by atoms with E-state index in [0.29, 0.717) is 22.3 Å². The van der Waals surface area contributed by atoms with Crippen molar-refractivity contribution < 1.29 is 35.9 Å². The van der Waals surface area contributed by atoms with Crippen LogP contribution in [0.25, 0.3) is 10.6 Å². The van der Waals surface area contributed by atoms with Crippen LogP contribution >= 0.6 is 11.3 Å². The first kappa shape index (κ1) is 23.3. The molecule has 1 aromatic heterocycles. The van der Waals surface area contributed by atoms with Gasteiger partial charge in [-0.1, -0.05) is 12.1 Å². The fourth-order valence-corrected chi connectivity index (χ4v) is 3.37. The highest BCUT2D eigenvalue weighted by Crippen LogP contribution is 2.31. The molecule has 2 N–H and O–H groups in total. The number of halogens is 6. The van der Waals surface area contributed by atoms with Gasteiger partial charge in [-0.05, 0) is 24.3 Å². The zero-order chi connectivity index (χ0) is 23.5. The summed E-state index contributed by atoms with van der Waals surface area (Å²) in [7, 11) is 0. The molecule has 0 atom stereocenters. The second kappa shape index (κ2) is 9.39. The number of nitrogens with zero attached hydrogens (tertiary/aromatic N) is 1. The summed E-state index contributed by atoms with van der Waals surface area (Å²) in [5, 5.41) is 6.23. The van der Waals surface area contributed by atoms with E-state index in [2.05, 4.69) is 10.3 Å². The van der Waals surface area contributed by atoms with Gasteiger partial charge in [-0.25, -0.2) is 18.2 Å². The number of alkyl halides is 3. The van der Waals surface area contributed by atoms with E-state index in [0.717, 1.165) is 29.5 Å². The SMILES string of the molecule is O=C(Cc1csc(-c2ccc(C(F)(F)F)cc2)n1)NCC(=O)Nc1ccc(F)c(F)c1F. The summed E-state index contributed by atoms with van der Waals surface area (Å²) >= 11 is 1.13. The number of nitrogens with one attached hydrogen (secondary N) is 2. The summed E-state index contributed by atoms with van der Waals surface area (Å²) < 4.78 is 77.5. The number of rotatable bonds is 6. The highest BCUT2D eigenvalue weighted by molar-refractivity contribution is 7.13. The van der Waals surface area contributed by atoms with Crippen molar-refractivity contribution in [1.29, 1.82) is 0 Å². The van der Waals surface area contributed by atoms with Crippen LogP contribution in [-0.2, 0) is 22.2 Å². The second-order valence-corrected chi connectivity index (χ2v) is 7.30. The highest BCUT2D eigenvalue weighted by Gasteiger charge is 2.30. The monoisotopic (exact) mass is 473 g/mol. The molecule has 12 heteroatoms. The van der Waals surface area contributed by atoms with Crippen LogP contribution in [0, 0.1) is 17.5 Å². The molecule has 2 amide bonds. The number of hydrogen-bond donors (Lipinski definition) is 2. The van der Waals surface area contributed by atoms with Crippen LogP contribution < -0.4 is 10.6 Å². The number of carbonyl (C=O) groups excluding carboxylic acids is 2. The van der Waals surface area contributed by atoms with Crippen molar-refractivity contribution in [2.45, 2.75) is 12.6 Å². The van der Waals surface area contributed by atoms with Crippen molar-refractivity contribution in [3.05, 3.63) is 70.5 Å². The van der Waals surface area contributed by atoms with Gasteiger partial charge in [-0.3, -0.25) is 9.59 Å². The zero-order valence-corrected chi connectivity index (χ0v) is 16.7. The predicted molar refractivity (Wildman–Crippen MR) is 104 cm³/mol. The van der Waals surface area contributed by atoms with Crippen molar-refractivity contribution in [3.8, 4) is 10.6 Å². The van der Waals surface area contributed by atoms with Crippen molar-refractivity contribution in [2.75, 3.05) is 11.9 Å². The minimum Gasteiger partial charge on any atom is -0.347 e. The standard InChI is InChI=1S/C20H13F6N3O2S/c21-13-5-6-14(18(23)17(13)22)29-16(31)8-27-15(30)7-12-9-32-19(28-12)10-1-3-11(4-2-10)20(24,25)26/h1-6,9H,7-8H2,(H,27,30)(H,29,31). The van der Waals surface area contributed by atoms with Gasteiger partial charge in [0.05, 0.1) is 29.9 Å². The van der Waals surface area contributed by atoms with Crippen LogP contribution in [-0.4, -0.2) is 23.3 Å².